The van der Waals surface area contributed by atoms with Gasteiger partial charge in [-0.05, 0) is 19.1 Å². The molecule has 0 radical (unpaired) electrons. The molecule has 2 rings (SSSR count). The topological polar surface area (TPSA) is 57.6 Å². The van der Waals surface area contributed by atoms with Gasteiger partial charge in [-0.25, -0.2) is 13.6 Å². The van der Waals surface area contributed by atoms with E-state index in [0.29, 0.717) is 12.1 Å². The van der Waals surface area contributed by atoms with Gasteiger partial charge in [0.15, 0.2) is 11.6 Å². The number of rotatable bonds is 2. The number of nitrogens with zero attached hydrogens (tertiary/aromatic N) is 1. The highest BCUT2D eigenvalue weighted by Gasteiger charge is 2.40. The number of carbonyl (C=O) groups excluding carboxylic acids is 1. The average molecular weight is 322 g/mol. The highest BCUT2D eigenvalue weighted by molar-refractivity contribution is 8.00. The number of carbonyl (C=O) groups is 2. The van der Waals surface area contributed by atoms with Crippen molar-refractivity contribution < 1.29 is 23.5 Å². The lowest BCUT2D eigenvalue weighted by atomic mass is 10.1. The molecule has 1 heterocycles. The molecular weight excluding hydrogens is 312 g/mol. The molecule has 1 fully saturated rings. The first kappa shape index (κ1) is 15.1. The fourth-order valence-electron chi connectivity index (χ4n) is 1.97. The Morgan fingerprint density at radius 2 is 2.00 bits per heavy atom. The van der Waals surface area contributed by atoms with Crippen molar-refractivity contribution in [3.8, 4) is 0 Å². The molecule has 1 aromatic rings. The van der Waals surface area contributed by atoms with Gasteiger partial charge in [0, 0.05) is 5.75 Å². The Labute approximate surface area is 122 Å². The van der Waals surface area contributed by atoms with Crippen molar-refractivity contribution >= 4 is 35.2 Å². The van der Waals surface area contributed by atoms with E-state index in [2.05, 4.69) is 0 Å². The maximum absolute atomic E-state index is 13.2. The third-order valence-corrected chi connectivity index (χ3v) is 4.51. The number of aliphatic carboxylic acids is 1. The second-order valence-electron chi connectivity index (χ2n) is 4.25. The van der Waals surface area contributed by atoms with E-state index < -0.39 is 29.6 Å². The van der Waals surface area contributed by atoms with Crippen LogP contribution in [0.25, 0.3) is 0 Å². The fourth-order valence-corrected chi connectivity index (χ4v) is 3.37. The van der Waals surface area contributed by atoms with Crippen LogP contribution < -0.4 is 0 Å². The number of benzene rings is 1. The highest BCUT2D eigenvalue weighted by atomic mass is 35.5. The number of carboxylic acids is 1. The molecule has 0 saturated carbocycles. The third kappa shape index (κ3) is 2.60. The SMILES string of the molecule is CC1SCC(C(=O)O)N1C(=O)c1cc(F)c(F)cc1Cl. The first-order valence-electron chi connectivity index (χ1n) is 5.64. The smallest absolute Gasteiger partial charge is 0.327 e. The summed E-state index contributed by atoms with van der Waals surface area (Å²) in [6.07, 6.45) is 0. The Morgan fingerprint density at radius 3 is 2.60 bits per heavy atom. The van der Waals surface area contributed by atoms with E-state index in [-0.39, 0.29) is 21.7 Å². The van der Waals surface area contributed by atoms with Crippen LogP contribution in [-0.2, 0) is 4.79 Å². The van der Waals surface area contributed by atoms with E-state index in [1.54, 1.807) is 6.92 Å². The minimum Gasteiger partial charge on any atom is -0.480 e. The molecule has 0 aromatic heterocycles. The van der Waals surface area contributed by atoms with Crippen LogP contribution in [0, 0.1) is 11.6 Å². The second-order valence-corrected chi connectivity index (χ2v) is 6.00. The summed E-state index contributed by atoms with van der Waals surface area (Å²) in [7, 11) is 0. The normalized spacial score (nSPS) is 22.1. The van der Waals surface area contributed by atoms with Crippen LogP contribution >= 0.6 is 23.4 Å². The maximum atomic E-state index is 13.2. The van der Waals surface area contributed by atoms with E-state index in [4.69, 9.17) is 16.7 Å². The van der Waals surface area contributed by atoms with Crippen LogP contribution in [0.2, 0.25) is 5.02 Å². The van der Waals surface area contributed by atoms with Crippen LogP contribution in [0.5, 0.6) is 0 Å². The van der Waals surface area contributed by atoms with Crippen LogP contribution in [0.3, 0.4) is 0 Å². The molecule has 2 unspecified atom stereocenters. The maximum Gasteiger partial charge on any atom is 0.327 e. The van der Waals surface area contributed by atoms with Crippen molar-refractivity contribution in [2.45, 2.75) is 18.3 Å². The summed E-state index contributed by atoms with van der Waals surface area (Å²) >= 11 is 7.03. The van der Waals surface area contributed by atoms with Crippen LogP contribution in [0.1, 0.15) is 17.3 Å². The summed E-state index contributed by atoms with van der Waals surface area (Å²) in [6.45, 7) is 1.67. The third-order valence-electron chi connectivity index (χ3n) is 2.98. The lowest BCUT2D eigenvalue weighted by Crippen LogP contribution is -2.44. The molecule has 108 valence electrons. The van der Waals surface area contributed by atoms with Gasteiger partial charge in [0.1, 0.15) is 6.04 Å². The van der Waals surface area contributed by atoms with Gasteiger partial charge in [0.2, 0.25) is 0 Å². The summed E-state index contributed by atoms with van der Waals surface area (Å²) in [5, 5.41) is 8.46. The zero-order chi connectivity index (χ0) is 15.0. The molecule has 1 amide bonds. The van der Waals surface area contributed by atoms with Gasteiger partial charge in [-0.3, -0.25) is 4.79 Å². The lowest BCUT2D eigenvalue weighted by Gasteiger charge is -2.25. The number of halogens is 3. The predicted molar refractivity (Wildman–Crippen MR) is 70.9 cm³/mol. The van der Waals surface area contributed by atoms with E-state index in [0.717, 1.165) is 4.90 Å². The van der Waals surface area contributed by atoms with Crippen molar-refractivity contribution in [3.63, 3.8) is 0 Å². The Hall–Kier alpha value is -1.34. The van der Waals surface area contributed by atoms with Crippen molar-refractivity contribution in [2.24, 2.45) is 0 Å². The second kappa shape index (κ2) is 5.57. The zero-order valence-corrected chi connectivity index (χ0v) is 11.8. The Morgan fingerprint density at radius 1 is 1.40 bits per heavy atom. The zero-order valence-electron chi connectivity index (χ0n) is 10.3. The first-order valence-corrected chi connectivity index (χ1v) is 7.07. The Bertz CT molecular complexity index is 584. The number of thioether (sulfide) groups is 1. The van der Waals surface area contributed by atoms with Gasteiger partial charge in [0.25, 0.3) is 5.91 Å². The van der Waals surface area contributed by atoms with Crippen molar-refractivity contribution in [1.82, 2.24) is 4.90 Å². The monoisotopic (exact) mass is 321 g/mol. The molecule has 1 aliphatic rings. The minimum atomic E-state index is -1.20. The van der Waals surface area contributed by atoms with Gasteiger partial charge in [-0.15, -0.1) is 11.8 Å². The molecule has 1 N–H and O–H groups in total. The van der Waals surface area contributed by atoms with Crippen molar-refractivity contribution in [2.75, 3.05) is 5.75 Å². The standard InChI is InChI=1S/C12H10ClF2NO3S/c1-5-16(10(4-20-5)12(18)19)11(17)6-2-8(14)9(15)3-7(6)13/h2-3,5,10H,4H2,1H3,(H,18,19). The van der Waals surface area contributed by atoms with Gasteiger partial charge < -0.3 is 10.0 Å². The van der Waals surface area contributed by atoms with E-state index in [1.165, 1.54) is 11.8 Å². The molecule has 0 bridgehead atoms. The van der Waals surface area contributed by atoms with Crippen molar-refractivity contribution in [3.05, 3.63) is 34.4 Å². The van der Waals surface area contributed by atoms with Gasteiger partial charge in [0.05, 0.1) is 16.0 Å². The van der Waals surface area contributed by atoms with Crippen LogP contribution in [0.4, 0.5) is 8.78 Å². The number of hydrogen-bond donors (Lipinski definition) is 1. The lowest BCUT2D eigenvalue weighted by molar-refractivity contribution is -0.141. The molecule has 8 heteroatoms. The molecular formula is C12H10ClF2NO3S. The highest BCUT2D eigenvalue weighted by Crippen LogP contribution is 2.32. The van der Waals surface area contributed by atoms with Crippen molar-refractivity contribution in [1.29, 1.82) is 0 Å². The summed E-state index contributed by atoms with van der Waals surface area (Å²) in [5.74, 6) is -3.99. The van der Waals surface area contributed by atoms with E-state index in [9.17, 15) is 18.4 Å². The van der Waals surface area contributed by atoms with E-state index in [1.807, 2.05) is 0 Å². The van der Waals surface area contributed by atoms with Crippen LogP contribution in [0.15, 0.2) is 12.1 Å². The number of amides is 1. The number of hydrogen-bond acceptors (Lipinski definition) is 3. The summed E-state index contributed by atoms with van der Waals surface area (Å²) in [5.41, 5.74) is -0.244. The molecule has 0 spiro atoms. The molecule has 1 aromatic carbocycles. The quantitative estimate of drug-likeness (QED) is 0.851. The largest absolute Gasteiger partial charge is 0.480 e. The number of carboxylic acid groups (broad SMARTS) is 1. The molecule has 0 aliphatic carbocycles. The summed E-state index contributed by atoms with van der Waals surface area (Å²) in [4.78, 5) is 24.6. The molecule has 20 heavy (non-hydrogen) atoms. The Balaban J connectivity index is 2.40. The molecule has 4 nitrogen and oxygen atoms in total. The molecule has 1 aliphatic heterocycles. The first-order chi connectivity index (χ1) is 9.32. The molecule has 2 atom stereocenters. The van der Waals surface area contributed by atoms with Crippen LogP contribution in [-0.4, -0.2) is 39.1 Å². The van der Waals surface area contributed by atoms with Gasteiger partial charge in [-0.1, -0.05) is 11.6 Å². The Kier molecular flexibility index (Phi) is 4.19. The fraction of sp³-hybridized carbons (Fsp3) is 0.333. The predicted octanol–water partition coefficient (Wildman–Crippen LogP) is 2.61. The molecule has 1 saturated heterocycles. The minimum absolute atomic E-state index is 0.240. The van der Waals surface area contributed by atoms with Gasteiger partial charge >= 0.3 is 5.97 Å². The average Bonchev–Trinajstić information content (AvgIpc) is 2.75. The summed E-state index contributed by atoms with van der Waals surface area (Å²) in [6, 6.07) is 0.384. The van der Waals surface area contributed by atoms with Gasteiger partial charge in [-0.2, -0.15) is 0 Å². The van der Waals surface area contributed by atoms with E-state index >= 15 is 0 Å². The summed E-state index contributed by atoms with van der Waals surface area (Å²) < 4.78 is 26.2.